The predicted molar refractivity (Wildman–Crippen MR) is 78.5 cm³/mol. The molecule has 0 saturated heterocycles. The van der Waals surface area contributed by atoms with E-state index in [4.69, 9.17) is 10.9 Å². The molecule has 19 heavy (non-hydrogen) atoms. The Morgan fingerprint density at radius 1 is 1.21 bits per heavy atom. The molecule has 0 unspecified atom stereocenters. The summed E-state index contributed by atoms with van der Waals surface area (Å²) in [6.07, 6.45) is 0. The molecule has 0 aliphatic carbocycles. The summed E-state index contributed by atoms with van der Waals surface area (Å²) in [4.78, 5) is 2.30. The van der Waals surface area contributed by atoms with E-state index in [0.29, 0.717) is 6.54 Å². The fourth-order valence-corrected chi connectivity index (χ4v) is 2.33. The molecule has 108 valence electrons. The van der Waals surface area contributed by atoms with Crippen LogP contribution in [0.15, 0.2) is 29.2 Å². The van der Waals surface area contributed by atoms with E-state index in [-0.39, 0.29) is 10.3 Å². The van der Waals surface area contributed by atoms with Crippen LogP contribution >= 0.6 is 0 Å². The van der Waals surface area contributed by atoms with Gasteiger partial charge in [0.15, 0.2) is 0 Å². The number of nitrogens with zero attached hydrogens (tertiary/aromatic N) is 1. The summed E-state index contributed by atoms with van der Waals surface area (Å²) in [5.41, 5.74) is 6.72. The molecule has 6 heteroatoms. The van der Waals surface area contributed by atoms with Gasteiger partial charge in [-0.1, -0.05) is 13.8 Å². The zero-order chi connectivity index (χ0) is 14.7. The minimum atomic E-state index is -3.63. The first-order valence-electron chi connectivity index (χ1n) is 6.27. The normalized spacial score (nSPS) is 12.5. The minimum Gasteiger partial charge on any atom is -0.371 e. The number of benzene rings is 1. The predicted octanol–water partition coefficient (Wildman–Crippen LogP) is 1.15. The van der Waals surface area contributed by atoms with Crippen LogP contribution in [-0.4, -0.2) is 28.1 Å². The van der Waals surface area contributed by atoms with E-state index >= 15 is 0 Å². The highest BCUT2D eigenvalue weighted by atomic mass is 32.2. The number of hydrogen-bond donors (Lipinski definition) is 2. The average molecular weight is 285 g/mol. The summed E-state index contributed by atoms with van der Waals surface area (Å²) in [5.74, 6) is 0. The molecule has 1 aromatic rings. The van der Waals surface area contributed by atoms with Gasteiger partial charge in [-0.15, -0.1) is 0 Å². The van der Waals surface area contributed by atoms with Crippen LogP contribution in [0.1, 0.15) is 20.8 Å². The first-order chi connectivity index (χ1) is 8.69. The molecule has 0 aliphatic rings. The first-order valence-corrected chi connectivity index (χ1v) is 7.82. The van der Waals surface area contributed by atoms with E-state index in [0.717, 1.165) is 18.8 Å². The number of anilines is 1. The van der Waals surface area contributed by atoms with Crippen molar-refractivity contribution >= 4 is 15.7 Å². The zero-order valence-corrected chi connectivity index (χ0v) is 12.6. The molecular weight excluding hydrogens is 262 g/mol. The van der Waals surface area contributed by atoms with Crippen LogP contribution in [-0.2, 0) is 10.0 Å². The molecule has 0 atom stereocenters. The monoisotopic (exact) mass is 285 g/mol. The molecule has 5 nitrogen and oxygen atoms in total. The van der Waals surface area contributed by atoms with Gasteiger partial charge in [0.25, 0.3) is 0 Å². The van der Waals surface area contributed by atoms with Gasteiger partial charge in [-0.05, 0) is 43.1 Å². The van der Waals surface area contributed by atoms with Gasteiger partial charge in [0.05, 0.1) is 4.90 Å². The van der Waals surface area contributed by atoms with Crippen LogP contribution in [0, 0.1) is 5.41 Å². The van der Waals surface area contributed by atoms with E-state index < -0.39 is 10.0 Å². The summed E-state index contributed by atoms with van der Waals surface area (Å²) in [6.45, 7) is 8.51. The fraction of sp³-hybridized carbons (Fsp3) is 0.538. The van der Waals surface area contributed by atoms with Crippen LogP contribution in [0.2, 0.25) is 0 Å². The second-order valence-electron chi connectivity index (χ2n) is 5.42. The van der Waals surface area contributed by atoms with Crippen molar-refractivity contribution in [3.05, 3.63) is 24.3 Å². The number of primary sulfonamides is 1. The van der Waals surface area contributed by atoms with Crippen molar-refractivity contribution in [2.75, 3.05) is 24.5 Å². The molecule has 0 aliphatic heterocycles. The van der Waals surface area contributed by atoms with E-state index in [1.807, 2.05) is 0 Å². The summed E-state index contributed by atoms with van der Waals surface area (Å²) in [5, 5.41) is 5.08. The third-order valence-electron chi connectivity index (χ3n) is 3.08. The Morgan fingerprint density at radius 3 is 2.11 bits per heavy atom. The standard InChI is InChI=1S/C13H23N3O2S/c1-4-16(10-13(2,3)9-14)11-5-7-12(8-6-11)19(15,17)18/h5-8H,4,9-10,14H2,1-3H3,(H2,15,17,18). The van der Waals surface area contributed by atoms with E-state index in [2.05, 4.69) is 25.7 Å². The third-order valence-corrected chi connectivity index (χ3v) is 4.01. The fourth-order valence-electron chi connectivity index (χ4n) is 1.81. The molecule has 1 rings (SSSR count). The summed E-state index contributed by atoms with van der Waals surface area (Å²) in [6, 6.07) is 6.61. The van der Waals surface area contributed by atoms with Crippen molar-refractivity contribution in [3.8, 4) is 0 Å². The molecule has 0 bridgehead atoms. The molecule has 0 radical (unpaired) electrons. The summed E-state index contributed by atoms with van der Waals surface area (Å²) >= 11 is 0. The van der Waals surface area contributed by atoms with Gasteiger partial charge in [0.2, 0.25) is 10.0 Å². The molecule has 0 amide bonds. The summed E-state index contributed by atoms with van der Waals surface area (Å²) in [7, 11) is -3.63. The van der Waals surface area contributed by atoms with Gasteiger partial charge in [-0.25, -0.2) is 13.6 Å². The van der Waals surface area contributed by atoms with Crippen molar-refractivity contribution in [2.24, 2.45) is 16.3 Å². The maximum absolute atomic E-state index is 11.2. The van der Waals surface area contributed by atoms with Crippen LogP contribution in [0.5, 0.6) is 0 Å². The zero-order valence-electron chi connectivity index (χ0n) is 11.8. The molecule has 0 heterocycles. The molecular formula is C13H23N3O2S. The van der Waals surface area contributed by atoms with Gasteiger partial charge in [-0.2, -0.15) is 0 Å². The van der Waals surface area contributed by atoms with E-state index in [1.54, 1.807) is 12.1 Å². The van der Waals surface area contributed by atoms with Crippen LogP contribution in [0.25, 0.3) is 0 Å². The average Bonchev–Trinajstić information content (AvgIpc) is 2.35. The lowest BCUT2D eigenvalue weighted by Gasteiger charge is -2.32. The van der Waals surface area contributed by atoms with Crippen molar-refractivity contribution in [3.63, 3.8) is 0 Å². The number of nitrogens with two attached hydrogens (primary N) is 2. The lowest BCUT2D eigenvalue weighted by Crippen LogP contribution is -2.38. The highest BCUT2D eigenvalue weighted by molar-refractivity contribution is 7.89. The quantitative estimate of drug-likeness (QED) is 0.820. The van der Waals surface area contributed by atoms with Crippen LogP contribution in [0.3, 0.4) is 0 Å². The van der Waals surface area contributed by atoms with Gasteiger partial charge >= 0.3 is 0 Å². The summed E-state index contributed by atoms with van der Waals surface area (Å²) < 4.78 is 22.4. The number of hydrogen-bond acceptors (Lipinski definition) is 4. The Bertz CT molecular complexity index is 509. The van der Waals surface area contributed by atoms with Crippen LogP contribution < -0.4 is 15.8 Å². The largest absolute Gasteiger partial charge is 0.371 e. The molecule has 0 fully saturated rings. The van der Waals surface area contributed by atoms with Crippen molar-refractivity contribution in [2.45, 2.75) is 25.7 Å². The lowest BCUT2D eigenvalue weighted by molar-refractivity contribution is 0.380. The van der Waals surface area contributed by atoms with Gasteiger partial charge in [-0.3, -0.25) is 0 Å². The molecule has 0 saturated carbocycles. The topological polar surface area (TPSA) is 89.4 Å². The number of sulfonamides is 1. The maximum Gasteiger partial charge on any atom is 0.238 e. The molecule has 4 N–H and O–H groups in total. The van der Waals surface area contributed by atoms with Gasteiger partial charge < -0.3 is 10.6 Å². The van der Waals surface area contributed by atoms with Gasteiger partial charge in [0, 0.05) is 18.8 Å². The first kappa shape index (κ1) is 15.9. The highest BCUT2D eigenvalue weighted by Crippen LogP contribution is 2.22. The van der Waals surface area contributed by atoms with Crippen LogP contribution in [0.4, 0.5) is 5.69 Å². The second-order valence-corrected chi connectivity index (χ2v) is 6.98. The Labute approximate surface area is 115 Å². The van der Waals surface area contributed by atoms with Gasteiger partial charge in [0.1, 0.15) is 0 Å². The van der Waals surface area contributed by atoms with Crippen molar-refractivity contribution < 1.29 is 8.42 Å². The highest BCUT2D eigenvalue weighted by Gasteiger charge is 2.20. The van der Waals surface area contributed by atoms with E-state index in [1.165, 1.54) is 12.1 Å². The Kier molecular flexibility index (Phi) is 4.95. The number of rotatable bonds is 6. The molecule has 1 aromatic carbocycles. The lowest BCUT2D eigenvalue weighted by atomic mass is 9.93. The Balaban J connectivity index is 2.95. The van der Waals surface area contributed by atoms with E-state index in [9.17, 15) is 8.42 Å². The molecule has 0 aromatic heterocycles. The third kappa shape index (κ3) is 4.49. The SMILES string of the molecule is CCN(CC(C)(C)CN)c1ccc(S(N)(=O)=O)cc1. The maximum atomic E-state index is 11.2. The second kappa shape index (κ2) is 5.90. The Hall–Kier alpha value is -1.11. The smallest absolute Gasteiger partial charge is 0.238 e. The Morgan fingerprint density at radius 2 is 1.74 bits per heavy atom. The van der Waals surface area contributed by atoms with Crippen molar-refractivity contribution in [1.29, 1.82) is 0 Å². The van der Waals surface area contributed by atoms with Crippen molar-refractivity contribution in [1.82, 2.24) is 0 Å². The molecule has 0 spiro atoms. The minimum absolute atomic E-state index is 0.00856.